The summed E-state index contributed by atoms with van der Waals surface area (Å²) >= 11 is 0. The number of aromatic nitrogens is 1. The minimum atomic E-state index is -0.635. The van der Waals surface area contributed by atoms with Crippen molar-refractivity contribution in [1.29, 1.82) is 0 Å². The summed E-state index contributed by atoms with van der Waals surface area (Å²) in [5.41, 5.74) is 6.40. The number of likely N-dealkylation sites (tertiary alicyclic amines) is 1. The first-order chi connectivity index (χ1) is 10.8. The van der Waals surface area contributed by atoms with Crippen LogP contribution in [0.5, 0.6) is 0 Å². The summed E-state index contributed by atoms with van der Waals surface area (Å²) in [6, 6.07) is 1.26. The fourth-order valence-corrected chi connectivity index (χ4v) is 2.71. The average molecular weight is 320 g/mol. The van der Waals surface area contributed by atoms with Gasteiger partial charge in [-0.1, -0.05) is 13.8 Å². The Morgan fingerprint density at radius 1 is 1.43 bits per heavy atom. The van der Waals surface area contributed by atoms with Crippen LogP contribution < -0.4 is 11.1 Å². The molecule has 1 fully saturated rings. The molecule has 1 aromatic rings. The molecule has 2 unspecified atom stereocenters. The van der Waals surface area contributed by atoms with E-state index in [1.165, 1.54) is 12.4 Å². The van der Waals surface area contributed by atoms with E-state index in [2.05, 4.69) is 10.3 Å². The van der Waals surface area contributed by atoms with Crippen LogP contribution in [0.1, 0.15) is 37.0 Å². The highest BCUT2D eigenvalue weighted by Crippen LogP contribution is 2.15. The van der Waals surface area contributed by atoms with E-state index in [9.17, 15) is 14.7 Å². The van der Waals surface area contributed by atoms with E-state index in [-0.39, 0.29) is 23.8 Å². The Hall–Kier alpha value is -2.15. The maximum atomic E-state index is 12.2. The third kappa shape index (κ3) is 4.92. The highest BCUT2D eigenvalue weighted by atomic mass is 16.3. The number of amides is 2. The predicted molar refractivity (Wildman–Crippen MR) is 86.6 cm³/mol. The summed E-state index contributed by atoms with van der Waals surface area (Å²) in [4.78, 5) is 29.9. The molecule has 2 rings (SSSR count). The van der Waals surface area contributed by atoms with E-state index >= 15 is 0 Å². The number of nitrogens with two attached hydrogens (primary N) is 1. The first-order valence-electron chi connectivity index (χ1n) is 7.82. The molecule has 4 N–H and O–H groups in total. The minimum Gasteiger partial charge on any atom is -0.397 e. The van der Waals surface area contributed by atoms with Crippen LogP contribution >= 0.6 is 0 Å². The number of piperidine rings is 1. The number of rotatable bonds is 4. The van der Waals surface area contributed by atoms with Gasteiger partial charge in [-0.15, -0.1) is 0 Å². The zero-order valence-corrected chi connectivity index (χ0v) is 13.5. The Bertz CT molecular complexity index is 576. The van der Waals surface area contributed by atoms with Gasteiger partial charge in [0.2, 0.25) is 5.91 Å². The highest BCUT2D eigenvalue weighted by Gasteiger charge is 2.30. The third-order valence-corrected chi connectivity index (χ3v) is 3.72. The number of nitrogen functional groups attached to an aromatic ring is 1. The third-order valence-electron chi connectivity index (χ3n) is 3.72. The number of carbonyl (C=O) groups excluding carboxylic acids is 2. The van der Waals surface area contributed by atoms with E-state index in [1.807, 2.05) is 13.8 Å². The minimum absolute atomic E-state index is 0.00335. The van der Waals surface area contributed by atoms with Gasteiger partial charge in [-0.05, 0) is 18.4 Å². The molecule has 0 radical (unpaired) electrons. The number of hydrogen-bond acceptors (Lipinski definition) is 5. The molecule has 2 atom stereocenters. The van der Waals surface area contributed by atoms with Crippen LogP contribution in [0.2, 0.25) is 0 Å². The summed E-state index contributed by atoms with van der Waals surface area (Å²) in [5.74, 6) is -0.0447. The van der Waals surface area contributed by atoms with Crippen LogP contribution in [-0.4, -0.2) is 52.0 Å². The molecule has 0 bridgehead atoms. The van der Waals surface area contributed by atoms with Crippen LogP contribution in [0.4, 0.5) is 5.69 Å². The molecule has 0 saturated carbocycles. The van der Waals surface area contributed by atoms with E-state index in [1.54, 1.807) is 11.0 Å². The zero-order chi connectivity index (χ0) is 17.0. The van der Waals surface area contributed by atoms with Crippen molar-refractivity contribution < 1.29 is 14.7 Å². The van der Waals surface area contributed by atoms with Crippen molar-refractivity contribution in [3.8, 4) is 0 Å². The van der Waals surface area contributed by atoms with Crippen LogP contribution in [0.25, 0.3) is 0 Å². The summed E-state index contributed by atoms with van der Waals surface area (Å²) in [6.07, 6.45) is 3.13. The van der Waals surface area contributed by atoms with Crippen LogP contribution in [0, 0.1) is 5.92 Å². The largest absolute Gasteiger partial charge is 0.397 e. The van der Waals surface area contributed by atoms with E-state index < -0.39 is 6.10 Å². The lowest BCUT2D eigenvalue weighted by molar-refractivity contribution is -0.135. The van der Waals surface area contributed by atoms with Gasteiger partial charge in [-0.25, -0.2) is 0 Å². The number of nitrogens with one attached hydrogen (secondary N) is 1. The van der Waals surface area contributed by atoms with Gasteiger partial charge in [-0.3, -0.25) is 14.6 Å². The smallest absolute Gasteiger partial charge is 0.253 e. The molecule has 7 nitrogen and oxygen atoms in total. The second-order valence-corrected chi connectivity index (χ2v) is 6.46. The first kappa shape index (κ1) is 17.2. The Balaban J connectivity index is 1.99. The topological polar surface area (TPSA) is 109 Å². The maximum absolute atomic E-state index is 12.2. The van der Waals surface area contributed by atoms with Crippen LogP contribution in [0.3, 0.4) is 0 Å². The Morgan fingerprint density at radius 2 is 2.17 bits per heavy atom. The van der Waals surface area contributed by atoms with Crippen LogP contribution in [-0.2, 0) is 4.79 Å². The second kappa shape index (κ2) is 7.41. The molecule has 0 aromatic carbocycles. The maximum Gasteiger partial charge on any atom is 0.253 e. The van der Waals surface area contributed by atoms with Gasteiger partial charge in [0.05, 0.1) is 17.4 Å². The van der Waals surface area contributed by atoms with Crippen molar-refractivity contribution in [2.45, 2.75) is 38.8 Å². The van der Waals surface area contributed by atoms with Crippen molar-refractivity contribution in [1.82, 2.24) is 15.2 Å². The molecule has 1 saturated heterocycles. The van der Waals surface area contributed by atoms with Crippen molar-refractivity contribution in [3.05, 3.63) is 24.0 Å². The van der Waals surface area contributed by atoms with Crippen molar-refractivity contribution in [3.63, 3.8) is 0 Å². The molecule has 1 aliphatic rings. The van der Waals surface area contributed by atoms with Crippen molar-refractivity contribution >= 4 is 17.5 Å². The number of pyridine rings is 1. The number of carbonyl (C=O) groups is 2. The summed E-state index contributed by atoms with van der Waals surface area (Å²) in [7, 11) is 0. The second-order valence-electron chi connectivity index (χ2n) is 6.46. The van der Waals surface area contributed by atoms with Crippen molar-refractivity contribution in [2.75, 3.05) is 18.8 Å². The van der Waals surface area contributed by atoms with Gasteiger partial charge in [0, 0.05) is 37.9 Å². The number of nitrogens with zero attached hydrogens (tertiary/aromatic N) is 2. The first-order valence-corrected chi connectivity index (χ1v) is 7.82. The number of aliphatic hydroxyl groups is 1. The quantitative estimate of drug-likeness (QED) is 0.744. The average Bonchev–Trinajstić information content (AvgIpc) is 2.45. The molecular formula is C16H24N4O3. The van der Waals surface area contributed by atoms with E-state index in [0.29, 0.717) is 37.2 Å². The number of hydrogen-bond donors (Lipinski definition) is 3. The summed E-state index contributed by atoms with van der Waals surface area (Å²) in [6.45, 7) is 4.68. The number of anilines is 1. The molecule has 1 aromatic heterocycles. The standard InChI is InChI=1S/C16H24N4O3/c1-10(2)3-15(22)20-8-13(5-14(21)9-20)19-16(23)11-4-12(17)7-18-6-11/h4,6-7,10,13-14,21H,3,5,8-9,17H2,1-2H3,(H,19,23). The SMILES string of the molecule is CC(C)CC(=O)N1CC(O)CC(NC(=O)c2cncc(N)c2)C1. The fourth-order valence-electron chi connectivity index (χ4n) is 2.71. The van der Waals surface area contributed by atoms with Gasteiger partial charge in [0.15, 0.2) is 0 Å². The van der Waals surface area contributed by atoms with Gasteiger partial charge < -0.3 is 21.1 Å². The Morgan fingerprint density at radius 3 is 2.83 bits per heavy atom. The molecule has 23 heavy (non-hydrogen) atoms. The summed E-state index contributed by atoms with van der Waals surface area (Å²) in [5, 5.41) is 12.8. The van der Waals surface area contributed by atoms with Crippen LogP contribution in [0.15, 0.2) is 18.5 Å². The van der Waals surface area contributed by atoms with E-state index in [0.717, 1.165) is 0 Å². The molecule has 0 spiro atoms. The molecule has 7 heteroatoms. The monoisotopic (exact) mass is 320 g/mol. The molecular weight excluding hydrogens is 296 g/mol. The molecule has 2 heterocycles. The van der Waals surface area contributed by atoms with Gasteiger partial charge in [0.25, 0.3) is 5.91 Å². The number of β-amino-alcohol motifs (C(OH)–C–C–N with tert-alkyl or cyclic N) is 1. The predicted octanol–water partition coefficient (Wildman–Crippen LogP) is 0.402. The lowest BCUT2D eigenvalue weighted by atomic mass is 10.0. The molecule has 1 aliphatic heterocycles. The molecule has 0 aliphatic carbocycles. The lowest BCUT2D eigenvalue weighted by Crippen LogP contribution is -2.54. The fraction of sp³-hybridized carbons (Fsp3) is 0.562. The Labute approximate surface area is 135 Å². The Kier molecular flexibility index (Phi) is 5.54. The van der Waals surface area contributed by atoms with Gasteiger partial charge in [0.1, 0.15) is 0 Å². The van der Waals surface area contributed by atoms with Crippen molar-refractivity contribution in [2.24, 2.45) is 5.92 Å². The summed E-state index contributed by atoms with van der Waals surface area (Å²) < 4.78 is 0. The normalized spacial score (nSPS) is 21.3. The highest BCUT2D eigenvalue weighted by molar-refractivity contribution is 5.94. The number of aliphatic hydroxyl groups excluding tert-OH is 1. The van der Waals surface area contributed by atoms with Gasteiger partial charge >= 0.3 is 0 Å². The van der Waals surface area contributed by atoms with E-state index in [4.69, 9.17) is 5.73 Å². The molecule has 2 amide bonds. The van der Waals surface area contributed by atoms with Gasteiger partial charge in [-0.2, -0.15) is 0 Å². The molecule has 126 valence electrons. The zero-order valence-electron chi connectivity index (χ0n) is 13.5. The lowest BCUT2D eigenvalue weighted by Gasteiger charge is -2.36.